The summed E-state index contributed by atoms with van der Waals surface area (Å²) in [6.07, 6.45) is 0. The fourth-order valence-corrected chi connectivity index (χ4v) is 2.43. The maximum Gasteiger partial charge on any atom is 0.255 e. The smallest absolute Gasteiger partial charge is 0.255 e. The summed E-state index contributed by atoms with van der Waals surface area (Å²) < 4.78 is 9.64. The molecule has 0 atom stereocenters. The van der Waals surface area contributed by atoms with Gasteiger partial charge in [0.2, 0.25) is 5.13 Å². The zero-order chi connectivity index (χ0) is 16.2. The molecule has 118 valence electrons. The van der Waals surface area contributed by atoms with E-state index in [4.69, 9.17) is 10.5 Å². The number of rotatable bonds is 6. The van der Waals surface area contributed by atoms with Gasteiger partial charge in [-0.1, -0.05) is 32.9 Å². The number of benzene rings is 1. The highest BCUT2D eigenvalue weighted by atomic mass is 32.1. The molecule has 0 bridgehead atoms. The summed E-state index contributed by atoms with van der Waals surface area (Å²) in [5.41, 5.74) is 6.03. The Morgan fingerprint density at radius 2 is 2.18 bits per heavy atom. The molecule has 0 fully saturated rings. The summed E-state index contributed by atoms with van der Waals surface area (Å²) in [4.78, 5) is 15.2. The molecule has 2 aromatic rings. The number of hydrogen-bond acceptors (Lipinski definition) is 6. The normalized spacial score (nSPS) is 11.2. The van der Waals surface area contributed by atoms with Gasteiger partial charge < -0.3 is 15.8 Å². The Labute approximate surface area is 133 Å². The quantitative estimate of drug-likeness (QED) is 0.852. The van der Waals surface area contributed by atoms with E-state index in [1.54, 1.807) is 6.07 Å². The van der Waals surface area contributed by atoms with Crippen LogP contribution in [0.1, 0.15) is 32.2 Å². The number of aromatic nitrogens is 2. The van der Waals surface area contributed by atoms with Crippen LogP contribution in [0.3, 0.4) is 0 Å². The first kappa shape index (κ1) is 16.2. The van der Waals surface area contributed by atoms with Crippen molar-refractivity contribution in [3.8, 4) is 5.75 Å². The topological polar surface area (TPSA) is 90.1 Å². The van der Waals surface area contributed by atoms with E-state index in [9.17, 15) is 4.79 Å². The van der Waals surface area contributed by atoms with Gasteiger partial charge in [-0.2, -0.15) is 4.37 Å². The molecule has 0 aliphatic rings. The zero-order valence-electron chi connectivity index (χ0n) is 12.9. The highest BCUT2D eigenvalue weighted by Crippen LogP contribution is 2.23. The van der Waals surface area contributed by atoms with Crippen molar-refractivity contribution >= 4 is 22.6 Å². The Hall–Kier alpha value is -2.15. The first-order valence-corrected chi connectivity index (χ1v) is 7.70. The molecule has 2 rings (SSSR count). The second-order valence-corrected chi connectivity index (χ2v) is 6.68. The number of anilines is 1. The number of hydrogen-bond donors (Lipinski definition) is 2. The molecule has 1 aromatic heterocycles. The monoisotopic (exact) mass is 320 g/mol. The number of carbonyl (C=O) groups is 1. The van der Waals surface area contributed by atoms with Crippen LogP contribution in [0, 0.1) is 0 Å². The van der Waals surface area contributed by atoms with E-state index >= 15 is 0 Å². The van der Waals surface area contributed by atoms with Crippen LogP contribution in [-0.4, -0.2) is 21.9 Å². The van der Waals surface area contributed by atoms with Crippen molar-refractivity contribution in [3.63, 3.8) is 0 Å². The largest absolute Gasteiger partial charge is 0.484 e. The van der Waals surface area contributed by atoms with E-state index in [0.29, 0.717) is 12.3 Å². The molecule has 3 N–H and O–H groups in total. The lowest BCUT2D eigenvalue weighted by molar-refractivity contribution is -0.119. The maximum atomic E-state index is 10.7. The van der Waals surface area contributed by atoms with Crippen LogP contribution in [-0.2, 0) is 16.8 Å². The van der Waals surface area contributed by atoms with Crippen molar-refractivity contribution in [2.24, 2.45) is 5.73 Å². The lowest BCUT2D eigenvalue weighted by Crippen LogP contribution is -2.20. The summed E-state index contributed by atoms with van der Waals surface area (Å²) >= 11 is 1.35. The van der Waals surface area contributed by atoms with Gasteiger partial charge in [0.05, 0.1) is 0 Å². The second kappa shape index (κ2) is 6.74. The molecule has 6 nitrogen and oxygen atoms in total. The molecule has 0 unspecified atom stereocenters. The lowest BCUT2D eigenvalue weighted by Gasteiger charge is -2.12. The number of nitrogens with two attached hydrogens (primary N) is 1. The molecular weight excluding hydrogens is 300 g/mol. The Morgan fingerprint density at radius 1 is 1.41 bits per heavy atom. The Kier molecular flexibility index (Phi) is 4.97. The van der Waals surface area contributed by atoms with E-state index in [0.717, 1.165) is 16.5 Å². The number of nitrogens with one attached hydrogen (secondary N) is 1. The third-order valence-electron chi connectivity index (χ3n) is 2.82. The lowest BCUT2D eigenvalue weighted by atomic mass is 9.96. The molecule has 0 saturated heterocycles. The van der Waals surface area contributed by atoms with E-state index in [1.165, 1.54) is 11.5 Å². The third-order valence-corrected chi connectivity index (χ3v) is 3.49. The molecule has 1 amide bonds. The van der Waals surface area contributed by atoms with E-state index < -0.39 is 5.91 Å². The Bertz CT molecular complexity index is 649. The summed E-state index contributed by atoms with van der Waals surface area (Å²) in [5, 5.41) is 4.03. The van der Waals surface area contributed by atoms with Crippen molar-refractivity contribution in [2.75, 3.05) is 11.9 Å². The van der Waals surface area contributed by atoms with Crippen LogP contribution < -0.4 is 15.8 Å². The van der Waals surface area contributed by atoms with Crippen LogP contribution >= 0.6 is 11.5 Å². The molecule has 0 radical (unpaired) electrons. The maximum absolute atomic E-state index is 10.7. The molecule has 0 aliphatic carbocycles. The molecule has 1 aromatic carbocycles. The minimum absolute atomic E-state index is 0.0566. The summed E-state index contributed by atoms with van der Waals surface area (Å²) in [6, 6.07) is 7.49. The SMILES string of the molecule is CC(C)(C)c1nsc(NCc2cccc(OCC(N)=O)c2)n1. The zero-order valence-corrected chi connectivity index (χ0v) is 13.7. The van der Waals surface area contributed by atoms with Gasteiger partial charge >= 0.3 is 0 Å². The summed E-state index contributed by atoms with van der Waals surface area (Å²) in [6.45, 7) is 6.73. The Balaban J connectivity index is 1.95. The third kappa shape index (κ3) is 4.70. The van der Waals surface area contributed by atoms with Crippen molar-refractivity contribution in [2.45, 2.75) is 32.7 Å². The van der Waals surface area contributed by atoms with Gasteiger partial charge in [-0.3, -0.25) is 4.79 Å². The van der Waals surface area contributed by atoms with Gasteiger partial charge in [0.1, 0.15) is 11.6 Å². The average molecular weight is 320 g/mol. The Morgan fingerprint density at radius 3 is 2.82 bits per heavy atom. The number of amides is 1. The molecule has 7 heteroatoms. The standard InChI is InChI=1S/C15H20N4O2S/c1-15(2,3)13-18-14(22-19-13)17-8-10-5-4-6-11(7-10)21-9-12(16)20/h4-7H,8-9H2,1-3H3,(H2,16,20)(H,17,18,19). The first-order valence-electron chi connectivity index (χ1n) is 6.93. The minimum atomic E-state index is -0.493. The van der Waals surface area contributed by atoms with Gasteiger partial charge in [0.25, 0.3) is 5.91 Å². The van der Waals surface area contributed by atoms with Crippen LogP contribution in [0.15, 0.2) is 24.3 Å². The van der Waals surface area contributed by atoms with Gasteiger partial charge in [-0.15, -0.1) is 0 Å². The van der Waals surface area contributed by atoms with Gasteiger partial charge in [0, 0.05) is 23.5 Å². The van der Waals surface area contributed by atoms with Crippen molar-refractivity contribution in [3.05, 3.63) is 35.7 Å². The van der Waals surface area contributed by atoms with Crippen LogP contribution in [0.5, 0.6) is 5.75 Å². The summed E-state index contributed by atoms with van der Waals surface area (Å²) in [7, 11) is 0. The van der Waals surface area contributed by atoms with Crippen molar-refractivity contribution in [1.29, 1.82) is 0 Å². The predicted octanol–water partition coefficient (Wildman–Crippen LogP) is 2.31. The van der Waals surface area contributed by atoms with Gasteiger partial charge in [-0.05, 0) is 17.7 Å². The van der Waals surface area contributed by atoms with E-state index in [-0.39, 0.29) is 12.0 Å². The van der Waals surface area contributed by atoms with E-state index in [1.807, 2.05) is 18.2 Å². The molecule has 22 heavy (non-hydrogen) atoms. The van der Waals surface area contributed by atoms with Crippen LogP contribution in [0.25, 0.3) is 0 Å². The first-order chi connectivity index (χ1) is 10.3. The fourth-order valence-electron chi connectivity index (χ4n) is 1.68. The minimum Gasteiger partial charge on any atom is -0.484 e. The summed E-state index contributed by atoms with van der Waals surface area (Å²) in [5.74, 6) is 0.955. The molecular formula is C15H20N4O2S. The number of ether oxygens (including phenoxy) is 1. The molecule has 0 aliphatic heterocycles. The van der Waals surface area contributed by atoms with Crippen LogP contribution in [0.2, 0.25) is 0 Å². The molecule has 1 heterocycles. The number of carbonyl (C=O) groups excluding carboxylic acids is 1. The van der Waals surface area contributed by atoms with Crippen molar-refractivity contribution in [1.82, 2.24) is 9.36 Å². The van der Waals surface area contributed by atoms with Crippen LogP contribution in [0.4, 0.5) is 5.13 Å². The highest BCUT2D eigenvalue weighted by molar-refractivity contribution is 7.09. The second-order valence-electron chi connectivity index (χ2n) is 5.93. The molecule has 0 saturated carbocycles. The van der Waals surface area contributed by atoms with E-state index in [2.05, 4.69) is 35.4 Å². The highest BCUT2D eigenvalue weighted by Gasteiger charge is 2.19. The molecule has 0 spiro atoms. The van der Waals surface area contributed by atoms with Gasteiger partial charge in [-0.25, -0.2) is 4.98 Å². The van der Waals surface area contributed by atoms with Crippen molar-refractivity contribution < 1.29 is 9.53 Å². The number of nitrogens with zero attached hydrogens (tertiary/aromatic N) is 2. The number of primary amides is 1. The average Bonchev–Trinajstić information content (AvgIpc) is 2.92. The predicted molar refractivity (Wildman–Crippen MR) is 87.1 cm³/mol. The fraction of sp³-hybridized carbons (Fsp3) is 0.400. The van der Waals surface area contributed by atoms with Gasteiger partial charge in [0.15, 0.2) is 6.61 Å².